The van der Waals surface area contributed by atoms with Crippen LogP contribution in [0.3, 0.4) is 0 Å². The Morgan fingerprint density at radius 2 is 1.63 bits per heavy atom. The number of rotatable bonds is 6. The molecule has 1 aliphatic rings. The number of hydrogen-bond acceptors (Lipinski definition) is 4. The summed E-state index contributed by atoms with van der Waals surface area (Å²) < 4.78 is 10.4. The smallest absolute Gasteiger partial charge is 0.306 e. The highest BCUT2D eigenvalue weighted by Crippen LogP contribution is 2.42. The maximum Gasteiger partial charge on any atom is 0.306 e. The summed E-state index contributed by atoms with van der Waals surface area (Å²) in [6.45, 7) is 6.56. The number of carbonyl (C=O) groups is 2. The lowest BCUT2D eigenvalue weighted by molar-refractivity contribution is -0.152. The first-order valence-corrected chi connectivity index (χ1v) is 7.09. The third-order valence-corrected chi connectivity index (χ3v) is 4.17. The van der Waals surface area contributed by atoms with E-state index in [1.165, 1.54) is 0 Å². The maximum atomic E-state index is 12.3. The van der Waals surface area contributed by atoms with E-state index in [0.717, 1.165) is 25.7 Å². The third kappa shape index (κ3) is 4.30. The van der Waals surface area contributed by atoms with E-state index in [9.17, 15) is 9.59 Å². The number of Topliss-reactive ketones (excluding diaryl/α,β-unsaturated/α-hetero) is 1. The fourth-order valence-electron chi connectivity index (χ4n) is 2.60. The molecule has 1 aliphatic carbocycles. The maximum absolute atomic E-state index is 12.3. The third-order valence-electron chi connectivity index (χ3n) is 4.17. The Morgan fingerprint density at radius 3 is 2.11 bits per heavy atom. The zero-order valence-electron chi connectivity index (χ0n) is 12.6. The Bertz CT molecular complexity index is 323. The molecule has 0 N–H and O–H groups in total. The van der Waals surface area contributed by atoms with Gasteiger partial charge in [-0.1, -0.05) is 13.8 Å². The summed E-state index contributed by atoms with van der Waals surface area (Å²) in [7, 11) is 1.60. The summed E-state index contributed by atoms with van der Waals surface area (Å²) >= 11 is 0. The summed E-state index contributed by atoms with van der Waals surface area (Å²) in [5.74, 6) is -0.267. The van der Waals surface area contributed by atoms with Crippen LogP contribution in [-0.4, -0.2) is 31.1 Å². The van der Waals surface area contributed by atoms with Crippen LogP contribution in [0.2, 0.25) is 0 Å². The van der Waals surface area contributed by atoms with Crippen molar-refractivity contribution < 1.29 is 19.1 Å². The van der Waals surface area contributed by atoms with Crippen LogP contribution in [0.1, 0.15) is 59.3 Å². The Balaban J connectivity index is 2.55. The molecule has 0 radical (unpaired) electrons. The van der Waals surface area contributed by atoms with E-state index < -0.39 is 5.60 Å². The van der Waals surface area contributed by atoms with Crippen molar-refractivity contribution in [1.29, 1.82) is 0 Å². The van der Waals surface area contributed by atoms with E-state index in [1.54, 1.807) is 14.0 Å². The van der Waals surface area contributed by atoms with Crippen molar-refractivity contribution >= 4 is 11.8 Å². The van der Waals surface area contributed by atoms with Gasteiger partial charge in [0.1, 0.15) is 5.60 Å². The molecule has 0 aromatic rings. The zero-order chi connectivity index (χ0) is 14.5. The topological polar surface area (TPSA) is 52.6 Å². The second kappa shape index (κ2) is 6.51. The zero-order valence-corrected chi connectivity index (χ0v) is 12.6. The predicted molar refractivity (Wildman–Crippen MR) is 72.9 cm³/mol. The normalized spacial score (nSPS) is 20.8. The molecule has 0 spiro atoms. The van der Waals surface area contributed by atoms with Crippen LogP contribution in [0.25, 0.3) is 0 Å². The Morgan fingerprint density at radius 1 is 1.05 bits per heavy atom. The van der Waals surface area contributed by atoms with E-state index >= 15 is 0 Å². The van der Waals surface area contributed by atoms with Crippen LogP contribution in [0.5, 0.6) is 0 Å². The first-order chi connectivity index (χ1) is 8.85. The van der Waals surface area contributed by atoms with E-state index in [0.29, 0.717) is 6.61 Å². The van der Waals surface area contributed by atoms with Crippen LogP contribution in [0.15, 0.2) is 0 Å². The molecule has 110 valence electrons. The number of methoxy groups -OCH3 is 1. The molecule has 1 saturated carbocycles. The molecule has 1 fully saturated rings. The Kier molecular flexibility index (Phi) is 5.53. The predicted octanol–water partition coefficient (Wildman–Crippen LogP) is 2.88. The van der Waals surface area contributed by atoms with E-state index in [2.05, 4.69) is 13.8 Å². The summed E-state index contributed by atoms with van der Waals surface area (Å²) in [5.41, 5.74) is -0.397. The molecular formula is C15H26O4. The van der Waals surface area contributed by atoms with Gasteiger partial charge in [0.05, 0.1) is 13.0 Å². The van der Waals surface area contributed by atoms with Gasteiger partial charge in [-0.05, 0) is 38.0 Å². The fraction of sp³-hybridized carbons (Fsp3) is 0.867. The molecule has 19 heavy (non-hydrogen) atoms. The van der Waals surface area contributed by atoms with Gasteiger partial charge < -0.3 is 9.47 Å². The van der Waals surface area contributed by atoms with Crippen molar-refractivity contribution in [2.45, 2.75) is 64.9 Å². The lowest BCUT2D eigenvalue weighted by Crippen LogP contribution is -2.45. The Hall–Kier alpha value is -0.900. The van der Waals surface area contributed by atoms with Crippen molar-refractivity contribution in [2.75, 3.05) is 13.7 Å². The van der Waals surface area contributed by atoms with Crippen LogP contribution >= 0.6 is 0 Å². The monoisotopic (exact) mass is 270 g/mol. The minimum absolute atomic E-state index is 0.0403. The molecular weight excluding hydrogens is 244 g/mol. The summed E-state index contributed by atoms with van der Waals surface area (Å²) in [4.78, 5) is 23.6. The van der Waals surface area contributed by atoms with Gasteiger partial charge in [-0.2, -0.15) is 0 Å². The minimum Gasteiger partial charge on any atom is -0.466 e. The lowest BCUT2D eigenvalue weighted by atomic mass is 9.69. The molecule has 0 aromatic heterocycles. The van der Waals surface area contributed by atoms with Crippen molar-refractivity contribution in [3.8, 4) is 0 Å². The molecule has 0 aromatic carbocycles. The molecule has 4 heteroatoms. The SMILES string of the molecule is CCOC(=O)CCC(=O)C1(OC)CCC(C)(C)CC1. The number of esters is 1. The minimum atomic E-state index is -0.679. The van der Waals surface area contributed by atoms with Gasteiger partial charge in [0.15, 0.2) is 5.78 Å². The first kappa shape index (κ1) is 16.2. The Labute approximate surface area is 115 Å². The molecule has 0 heterocycles. The first-order valence-electron chi connectivity index (χ1n) is 7.09. The van der Waals surface area contributed by atoms with Gasteiger partial charge in [0.25, 0.3) is 0 Å². The molecule has 0 saturated heterocycles. The quantitative estimate of drug-likeness (QED) is 0.696. The van der Waals surface area contributed by atoms with Gasteiger partial charge in [-0.15, -0.1) is 0 Å². The lowest BCUT2D eigenvalue weighted by Gasteiger charge is -2.41. The van der Waals surface area contributed by atoms with Crippen LogP contribution < -0.4 is 0 Å². The number of ether oxygens (including phenoxy) is 2. The second-order valence-electron chi connectivity index (χ2n) is 6.09. The number of ketones is 1. The summed E-state index contributed by atoms with van der Waals surface area (Å²) in [5, 5.41) is 0. The van der Waals surface area contributed by atoms with Gasteiger partial charge >= 0.3 is 5.97 Å². The highest BCUT2D eigenvalue weighted by Gasteiger charge is 2.43. The molecule has 0 amide bonds. The molecule has 0 unspecified atom stereocenters. The molecule has 0 atom stereocenters. The van der Waals surface area contributed by atoms with Gasteiger partial charge in [-0.25, -0.2) is 0 Å². The molecule has 0 bridgehead atoms. The average Bonchev–Trinajstić information content (AvgIpc) is 2.37. The molecule has 0 aliphatic heterocycles. The van der Waals surface area contributed by atoms with E-state index in [4.69, 9.17) is 9.47 Å². The van der Waals surface area contributed by atoms with Crippen LogP contribution in [-0.2, 0) is 19.1 Å². The largest absolute Gasteiger partial charge is 0.466 e. The van der Waals surface area contributed by atoms with E-state index in [1.807, 2.05) is 0 Å². The van der Waals surface area contributed by atoms with Crippen molar-refractivity contribution in [2.24, 2.45) is 5.41 Å². The summed E-state index contributed by atoms with van der Waals surface area (Å²) in [6.07, 6.45) is 3.82. The van der Waals surface area contributed by atoms with Gasteiger partial charge in [0.2, 0.25) is 0 Å². The highest BCUT2D eigenvalue weighted by atomic mass is 16.5. The molecule has 4 nitrogen and oxygen atoms in total. The fourth-order valence-corrected chi connectivity index (χ4v) is 2.60. The van der Waals surface area contributed by atoms with Crippen LogP contribution in [0, 0.1) is 5.41 Å². The van der Waals surface area contributed by atoms with E-state index in [-0.39, 0.29) is 30.0 Å². The second-order valence-corrected chi connectivity index (χ2v) is 6.09. The average molecular weight is 270 g/mol. The van der Waals surface area contributed by atoms with Crippen LogP contribution in [0.4, 0.5) is 0 Å². The standard InChI is InChI=1S/C15H26O4/c1-5-19-13(17)7-6-12(16)15(18-4)10-8-14(2,3)9-11-15/h5-11H2,1-4H3. The number of carbonyl (C=O) groups excluding carboxylic acids is 2. The highest BCUT2D eigenvalue weighted by molar-refractivity contribution is 5.90. The van der Waals surface area contributed by atoms with Crippen molar-refractivity contribution in [1.82, 2.24) is 0 Å². The van der Waals surface area contributed by atoms with Gasteiger partial charge in [-0.3, -0.25) is 9.59 Å². The van der Waals surface area contributed by atoms with Gasteiger partial charge in [0, 0.05) is 13.5 Å². The number of hydrogen-bond donors (Lipinski definition) is 0. The van der Waals surface area contributed by atoms with Crippen molar-refractivity contribution in [3.63, 3.8) is 0 Å². The van der Waals surface area contributed by atoms with Crippen molar-refractivity contribution in [3.05, 3.63) is 0 Å². The summed E-state index contributed by atoms with van der Waals surface area (Å²) in [6, 6.07) is 0. The molecule has 1 rings (SSSR count).